The van der Waals surface area contributed by atoms with Crippen molar-refractivity contribution in [2.75, 3.05) is 0 Å². The molecule has 0 amide bonds. The number of fused-ring (bicyclic) bond motifs is 3. The van der Waals surface area contributed by atoms with Gasteiger partial charge >= 0.3 is 0 Å². The summed E-state index contributed by atoms with van der Waals surface area (Å²) in [6.07, 6.45) is 7.66. The molecule has 0 unspecified atom stereocenters. The summed E-state index contributed by atoms with van der Waals surface area (Å²) in [5.74, 6) is -0.538. The molecule has 3 aliphatic carbocycles. The van der Waals surface area contributed by atoms with E-state index in [2.05, 4.69) is 20.4 Å². The molecule has 3 nitrogen and oxygen atoms in total. The molecule has 0 aromatic heterocycles. The zero-order valence-electron chi connectivity index (χ0n) is 14.7. The summed E-state index contributed by atoms with van der Waals surface area (Å²) >= 11 is 0. The number of ketones is 1. The van der Waals surface area contributed by atoms with Crippen LogP contribution in [0.25, 0.3) is 0 Å². The number of aliphatic hydroxyl groups is 2. The molecule has 0 bridgehead atoms. The predicted molar refractivity (Wildman–Crippen MR) is 91.0 cm³/mol. The van der Waals surface area contributed by atoms with Crippen molar-refractivity contribution in [2.45, 2.75) is 65.4 Å². The Kier molecular flexibility index (Phi) is 3.30. The lowest BCUT2D eigenvalue weighted by atomic mass is 9.47. The van der Waals surface area contributed by atoms with Crippen LogP contribution in [0, 0.1) is 16.2 Å². The van der Waals surface area contributed by atoms with E-state index in [0.717, 1.165) is 31.3 Å². The highest BCUT2D eigenvalue weighted by Gasteiger charge is 2.63. The molecule has 3 atom stereocenters. The summed E-state index contributed by atoms with van der Waals surface area (Å²) in [6.45, 7) is 12.0. The van der Waals surface area contributed by atoms with Gasteiger partial charge in [0.15, 0.2) is 5.76 Å². The maximum absolute atomic E-state index is 12.9. The zero-order chi connectivity index (χ0) is 17.3. The van der Waals surface area contributed by atoms with Crippen LogP contribution in [0.1, 0.15) is 59.8 Å². The van der Waals surface area contributed by atoms with E-state index in [1.54, 1.807) is 0 Å². The van der Waals surface area contributed by atoms with Gasteiger partial charge in [0.05, 0.1) is 0 Å². The van der Waals surface area contributed by atoms with E-state index in [1.165, 1.54) is 0 Å². The van der Waals surface area contributed by atoms with Crippen molar-refractivity contribution in [1.29, 1.82) is 0 Å². The molecule has 1 saturated carbocycles. The molecule has 0 aromatic rings. The quantitative estimate of drug-likeness (QED) is 0.711. The van der Waals surface area contributed by atoms with Crippen LogP contribution in [-0.4, -0.2) is 21.6 Å². The summed E-state index contributed by atoms with van der Waals surface area (Å²) in [5, 5.41) is 22.3. The van der Waals surface area contributed by atoms with Crippen molar-refractivity contribution in [1.82, 2.24) is 0 Å². The van der Waals surface area contributed by atoms with Crippen molar-refractivity contribution in [3.8, 4) is 0 Å². The molecule has 126 valence electrons. The second kappa shape index (κ2) is 4.60. The molecule has 0 aliphatic heterocycles. The molecule has 0 heterocycles. The molecule has 0 aromatic carbocycles. The molecule has 3 aliphatic rings. The lowest BCUT2D eigenvalue weighted by Gasteiger charge is -2.58. The molecule has 0 saturated heterocycles. The second-order valence-corrected chi connectivity index (χ2v) is 8.75. The number of carbonyl (C=O) groups is 1. The van der Waals surface area contributed by atoms with Gasteiger partial charge in [0.1, 0.15) is 5.60 Å². The highest BCUT2D eigenvalue weighted by molar-refractivity contribution is 6.10. The van der Waals surface area contributed by atoms with E-state index in [9.17, 15) is 15.0 Å². The van der Waals surface area contributed by atoms with Crippen molar-refractivity contribution in [3.05, 3.63) is 35.6 Å². The first kappa shape index (κ1) is 16.5. The van der Waals surface area contributed by atoms with Crippen LogP contribution in [0.4, 0.5) is 0 Å². The lowest BCUT2D eigenvalue weighted by Crippen LogP contribution is -2.60. The second-order valence-electron chi connectivity index (χ2n) is 8.75. The third-order valence-electron chi connectivity index (χ3n) is 6.73. The van der Waals surface area contributed by atoms with Gasteiger partial charge in [-0.15, -0.1) is 6.58 Å². The van der Waals surface area contributed by atoms with E-state index in [0.29, 0.717) is 12.0 Å². The number of hydrogen-bond donors (Lipinski definition) is 2. The summed E-state index contributed by atoms with van der Waals surface area (Å²) < 4.78 is 0. The van der Waals surface area contributed by atoms with Crippen molar-refractivity contribution in [3.63, 3.8) is 0 Å². The smallest absolute Gasteiger partial charge is 0.225 e. The first-order valence-corrected chi connectivity index (χ1v) is 8.59. The summed E-state index contributed by atoms with van der Waals surface area (Å²) in [4.78, 5) is 12.9. The fourth-order valence-electron chi connectivity index (χ4n) is 5.21. The summed E-state index contributed by atoms with van der Waals surface area (Å²) in [5.41, 5.74) is -1.23. The van der Waals surface area contributed by atoms with Gasteiger partial charge in [-0.1, -0.05) is 46.3 Å². The topological polar surface area (TPSA) is 57.5 Å². The number of Topliss-reactive ketones (excluding diaryl/α,β-unsaturated/α-hetero) is 1. The highest BCUT2D eigenvalue weighted by Crippen LogP contribution is 2.63. The monoisotopic (exact) mass is 316 g/mol. The van der Waals surface area contributed by atoms with E-state index >= 15 is 0 Å². The van der Waals surface area contributed by atoms with Crippen LogP contribution in [0.3, 0.4) is 0 Å². The van der Waals surface area contributed by atoms with Crippen LogP contribution in [-0.2, 0) is 4.79 Å². The van der Waals surface area contributed by atoms with Crippen LogP contribution >= 0.6 is 0 Å². The Bertz CT molecular complexity index is 654. The van der Waals surface area contributed by atoms with E-state index < -0.39 is 16.8 Å². The van der Waals surface area contributed by atoms with Gasteiger partial charge in [0, 0.05) is 16.4 Å². The summed E-state index contributed by atoms with van der Waals surface area (Å²) in [7, 11) is 0. The fraction of sp³-hybridized carbons (Fsp3) is 0.650. The van der Waals surface area contributed by atoms with Crippen LogP contribution < -0.4 is 0 Å². The standard InChI is InChI=1S/C20H28O3/c1-6-18(4)10-11-20(23)13(12-18)14(21)15(22)16-17(2,3)8-7-9-19(16,20)5/h6,12,22-23H,1,7-11H2,2-5H3/t18-,19-,20+/m0/s1. The molecule has 3 heteroatoms. The molecule has 23 heavy (non-hydrogen) atoms. The fourth-order valence-corrected chi connectivity index (χ4v) is 5.21. The Hall–Kier alpha value is -1.35. The molecule has 0 spiro atoms. The molecule has 3 rings (SSSR count). The van der Waals surface area contributed by atoms with Gasteiger partial charge in [-0.2, -0.15) is 0 Å². The van der Waals surface area contributed by atoms with Crippen LogP contribution in [0.5, 0.6) is 0 Å². The minimum Gasteiger partial charge on any atom is -0.504 e. The lowest BCUT2D eigenvalue weighted by molar-refractivity contribution is -0.128. The van der Waals surface area contributed by atoms with Gasteiger partial charge in [-0.25, -0.2) is 0 Å². The van der Waals surface area contributed by atoms with Gasteiger partial charge in [-0.05, 0) is 36.7 Å². The summed E-state index contributed by atoms with van der Waals surface area (Å²) in [6, 6.07) is 0. The maximum atomic E-state index is 12.9. The molecule has 2 N–H and O–H groups in total. The SMILES string of the molecule is C=C[C@]1(C)C=C2C(=O)C(O)=C3C(C)(C)CCC[C@]3(C)[C@@]2(O)CC1. The van der Waals surface area contributed by atoms with Gasteiger partial charge < -0.3 is 10.2 Å². The predicted octanol–water partition coefficient (Wildman–Crippen LogP) is 4.24. The normalized spacial score (nSPS) is 42.7. The number of aliphatic hydroxyl groups excluding tert-OH is 1. The Morgan fingerprint density at radius 3 is 2.39 bits per heavy atom. The number of carbonyl (C=O) groups excluding carboxylic acids is 1. The van der Waals surface area contributed by atoms with Crippen LogP contribution in [0.2, 0.25) is 0 Å². The van der Waals surface area contributed by atoms with Crippen LogP contribution in [0.15, 0.2) is 35.6 Å². The van der Waals surface area contributed by atoms with Crippen molar-refractivity contribution >= 4 is 5.78 Å². The average Bonchev–Trinajstić information content (AvgIpc) is 2.47. The minimum absolute atomic E-state index is 0.138. The third kappa shape index (κ3) is 1.95. The van der Waals surface area contributed by atoms with E-state index in [1.807, 2.05) is 26.0 Å². The van der Waals surface area contributed by atoms with Gasteiger partial charge in [-0.3, -0.25) is 4.79 Å². The Balaban J connectivity index is 2.30. The van der Waals surface area contributed by atoms with Crippen molar-refractivity contribution < 1.29 is 15.0 Å². The van der Waals surface area contributed by atoms with Crippen molar-refractivity contribution in [2.24, 2.45) is 16.2 Å². The van der Waals surface area contributed by atoms with E-state index in [4.69, 9.17) is 0 Å². The Labute approximate surface area is 138 Å². The Morgan fingerprint density at radius 2 is 1.78 bits per heavy atom. The minimum atomic E-state index is -1.19. The van der Waals surface area contributed by atoms with Gasteiger partial charge in [0.2, 0.25) is 5.78 Å². The number of allylic oxidation sites excluding steroid dienone is 3. The molecular formula is C20H28O3. The first-order valence-electron chi connectivity index (χ1n) is 8.59. The first-order chi connectivity index (χ1) is 10.5. The molecule has 0 radical (unpaired) electrons. The average molecular weight is 316 g/mol. The Morgan fingerprint density at radius 1 is 1.13 bits per heavy atom. The number of rotatable bonds is 1. The van der Waals surface area contributed by atoms with E-state index in [-0.39, 0.29) is 16.6 Å². The highest BCUT2D eigenvalue weighted by atomic mass is 16.3. The molecule has 1 fully saturated rings. The zero-order valence-corrected chi connectivity index (χ0v) is 14.7. The number of hydrogen-bond acceptors (Lipinski definition) is 3. The maximum Gasteiger partial charge on any atom is 0.225 e. The van der Waals surface area contributed by atoms with Gasteiger partial charge in [0.25, 0.3) is 0 Å². The molecular weight excluding hydrogens is 288 g/mol. The third-order valence-corrected chi connectivity index (χ3v) is 6.73. The largest absolute Gasteiger partial charge is 0.504 e.